The summed E-state index contributed by atoms with van der Waals surface area (Å²) >= 11 is 1.47. The molecule has 1 amide bonds. The average Bonchev–Trinajstić information content (AvgIpc) is 3.06. The van der Waals surface area contributed by atoms with Gasteiger partial charge in [-0.25, -0.2) is 15.0 Å². The number of hydrogen-bond acceptors (Lipinski definition) is 6. The predicted molar refractivity (Wildman–Crippen MR) is 99.1 cm³/mol. The van der Waals surface area contributed by atoms with E-state index in [4.69, 9.17) is 0 Å². The lowest BCUT2D eigenvalue weighted by molar-refractivity contribution is 0.0945. The fraction of sp³-hybridized carbons (Fsp3) is 0.222. The van der Waals surface area contributed by atoms with Gasteiger partial charge in [0, 0.05) is 17.6 Å². The normalized spacial score (nSPS) is 10.7. The molecule has 2 heterocycles. The molecule has 2 aromatic heterocycles. The van der Waals surface area contributed by atoms with Crippen molar-refractivity contribution >= 4 is 28.2 Å². The first-order valence-corrected chi connectivity index (χ1v) is 8.81. The van der Waals surface area contributed by atoms with Crippen molar-refractivity contribution in [2.45, 2.75) is 26.3 Å². The zero-order valence-electron chi connectivity index (χ0n) is 14.1. The molecular formula is C18H19N5OS. The van der Waals surface area contributed by atoms with Crippen LogP contribution in [-0.4, -0.2) is 20.9 Å². The van der Waals surface area contributed by atoms with E-state index >= 15 is 0 Å². The molecule has 2 N–H and O–H groups in total. The van der Waals surface area contributed by atoms with Crippen LogP contribution in [-0.2, 0) is 6.54 Å². The lowest BCUT2D eigenvalue weighted by atomic mass is 10.1. The number of anilines is 2. The van der Waals surface area contributed by atoms with E-state index < -0.39 is 0 Å². The van der Waals surface area contributed by atoms with Crippen molar-refractivity contribution in [3.63, 3.8) is 0 Å². The standard InChI is InChI=1S/C18H19N5OS/c1-12(2)16-15(17(24)20-10-13-6-4-3-5-7-13)23-18(25-16)22-14-8-9-19-11-21-14/h3-9,11-12H,10H2,1-2H3,(H,20,24)(H,19,21,22,23). The smallest absolute Gasteiger partial charge is 0.271 e. The van der Waals surface area contributed by atoms with Gasteiger partial charge in [0.2, 0.25) is 0 Å². The van der Waals surface area contributed by atoms with Crippen molar-refractivity contribution in [2.24, 2.45) is 0 Å². The highest BCUT2D eigenvalue weighted by molar-refractivity contribution is 7.16. The Bertz CT molecular complexity index is 833. The molecule has 0 saturated carbocycles. The fourth-order valence-corrected chi connectivity index (χ4v) is 3.25. The van der Waals surface area contributed by atoms with Gasteiger partial charge in [-0.2, -0.15) is 0 Å². The van der Waals surface area contributed by atoms with Gasteiger partial charge >= 0.3 is 0 Å². The molecule has 0 saturated heterocycles. The van der Waals surface area contributed by atoms with Gasteiger partial charge in [0.25, 0.3) is 5.91 Å². The van der Waals surface area contributed by atoms with Crippen LogP contribution in [0.3, 0.4) is 0 Å². The van der Waals surface area contributed by atoms with Crippen LogP contribution in [0.4, 0.5) is 10.9 Å². The lowest BCUT2D eigenvalue weighted by Crippen LogP contribution is -2.24. The molecule has 3 aromatic rings. The first-order chi connectivity index (χ1) is 12.1. The Morgan fingerprint density at radius 2 is 2.00 bits per heavy atom. The number of aromatic nitrogens is 3. The Morgan fingerprint density at radius 3 is 2.68 bits per heavy atom. The minimum Gasteiger partial charge on any atom is -0.347 e. The second kappa shape index (κ2) is 7.85. The molecule has 0 radical (unpaired) electrons. The summed E-state index contributed by atoms with van der Waals surface area (Å²) in [6.45, 7) is 4.58. The van der Waals surface area contributed by atoms with Gasteiger partial charge in [0.15, 0.2) is 5.13 Å². The van der Waals surface area contributed by atoms with Crippen LogP contribution in [0.15, 0.2) is 48.9 Å². The largest absolute Gasteiger partial charge is 0.347 e. The second-order valence-corrected chi connectivity index (χ2v) is 6.81. The maximum atomic E-state index is 12.6. The Balaban J connectivity index is 1.76. The molecule has 7 heteroatoms. The van der Waals surface area contributed by atoms with E-state index in [0.717, 1.165) is 10.4 Å². The maximum Gasteiger partial charge on any atom is 0.271 e. The van der Waals surface area contributed by atoms with Crippen LogP contribution in [0, 0.1) is 0 Å². The summed E-state index contributed by atoms with van der Waals surface area (Å²) in [4.78, 5) is 26.0. The van der Waals surface area contributed by atoms with Crippen LogP contribution >= 0.6 is 11.3 Å². The Labute approximate surface area is 150 Å². The molecule has 6 nitrogen and oxygen atoms in total. The van der Waals surface area contributed by atoms with Gasteiger partial charge in [-0.3, -0.25) is 4.79 Å². The van der Waals surface area contributed by atoms with E-state index in [2.05, 4.69) is 39.4 Å². The summed E-state index contributed by atoms with van der Waals surface area (Å²) in [5.41, 5.74) is 1.52. The molecule has 128 valence electrons. The van der Waals surface area contributed by atoms with Crippen LogP contribution in [0.1, 0.15) is 40.7 Å². The third kappa shape index (κ3) is 4.39. The summed E-state index contributed by atoms with van der Waals surface area (Å²) in [5.74, 6) is 0.686. The van der Waals surface area contributed by atoms with Crippen LogP contribution < -0.4 is 10.6 Å². The highest BCUT2D eigenvalue weighted by Crippen LogP contribution is 2.31. The average molecular weight is 353 g/mol. The van der Waals surface area contributed by atoms with E-state index in [1.807, 2.05) is 30.3 Å². The van der Waals surface area contributed by atoms with E-state index in [1.54, 1.807) is 12.3 Å². The van der Waals surface area contributed by atoms with E-state index in [9.17, 15) is 4.79 Å². The minimum atomic E-state index is -0.167. The van der Waals surface area contributed by atoms with E-state index in [1.165, 1.54) is 17.7 Å². The molecule has 0 aliphatic heterocycles. The number of hydrogen-bond donors (Lipinski definition) is 2. The lowest BCUT2D eigenvalue weighted by Gasteiger charge is -2.06. The van der Waals surface area contributed by atoms with Crippen molar-refractivity contribution in [2.75, 3.05) is 5.32 Å². The first-order valence-electron chi connectivity index (χ1n) is 7.99. The van der Waals surface area contributed by atoms with Crippen molar-refractivity contribution in [3.05, 3.63) is 65.1 Å². The zero-order valence-corrected chi connectivity index (χ0v) is 14.9. The first kappa shape index (κ1) is 17.0. The molecule has 0 spiro atoms. The zero-order chi connectivity index (χ0) is 17.6. The van der Waals surface area contributed by atoms with Gasteiger partial charge in [0.05, 0.1) is 0 Å². The summed E-state index contributed by atoms with van der Waals surface area (Å²) in [7, 11) is 0. The molecule has 3 rings (SSSR count). The molecule has 0 aliphatic carbocycles. The third-order valence-electron chi connectivity index (χ3n) is 3.51. The summed E-state index contributed by atoms with van der Waals surface area (Å²) in [5, 5.41) is 6.71. The van der Waals surface area contributed by atoms with Gasteiger partial charge < -0.3 is 10.6 Å². The number of carbonyl (C=O) groups excluding carboxylic acids is 1. The molecule has 0 fully saturated rings. The van der Waals surface area contributed by atoms with Gasteiger partial charge in [-0.1, -0.05) is 44.2 Å². The van der Waals surface area contributed by atoms with Crippen molar-refractivity contribution in [1.29, 1.82) is 0 Å². The Hall–Kier alpha value is -2.80. The second-order valence-electron chi connectivity index (χ2n) is 5.77. The number of carbonyl (C=O) groups is 1. The quantitative estimate of drug-likeness (QED) is 0.706. The summed E-state index contributed by atoms with van der Waals surface area (Å²) in [6.07, 6.45) is 3.12. The van der Waals surface area contributed by atoms with Crippen LogP contribution in [0.2, 0.25) is 0 Å². The summed E-state index contributed by atoms with van der Waals surface area (Å²) < 4.78 is 0. The highest BCUT2D eigenvalue weighted by Gasteiger charge is 2.20. The number of nitrogens with one attached hydrogen (secondary N) is 2. The van der Waals surface area contributed by atoms with Crippen LogP contribution in [0.5, 0.6) is 0 Å². The predicted octanol–water partition coefficient (Wildman–Crippen LogP) is 3.73. The number of amides is 1. The van der Waals surface area contributed by atoms with Crippen molar-refractivity contribution in [3.8, 4) is 0 Å². The SMILES string of the molecule is CC(C)c1sc(Nc2ccncn2)nc1C(=O)NCc1ccccc1. The molecule has 0 atom stereocenters. The molecular weight excluding hydrogens is 334 g/mol. The molecule has 0 unspecified atom stereocenters. The summed E-state index contributed by atoms with van der Waals surface area (Å²) in [6, 6.07) is 11.6. The minimum absolute atomic E-state index is 0.167. The van der Waals surface area contributed by atoms with Gasteiger partial charge in [-0.15, -0.1) is 11.3 Å². The highest BCUT2D eigenvalue weighted by atomic mass is 32.1. The molecule has 25 heavy (non-hydrogen) atoms. The van der Waals surface area contributed by atoms with Crippen molar-refractivity contribution < 1.29 is 4.79 Å². The Morgan fingerprint density at radius 1 is 1.20 bits per heavy atom. The monoisotopic (exact) mass is 353 g/mol. The number of thiazole rings is 1. The fourth-order valence-electron chi connectivity index (χ4n) is 2.28. The number of benzene rings is 1. The molecule has 1 aromatic carbocycles. The van der Waals surface area contributed by atoms with E-state index in [0.29, 0.717) is 23.2 Å². The van der Waals surface area contributed by atoms with Gasteiger partial charge in [-0.05, 0) is 17.5 Å². The Kier molecular flexibility index (Phi) is 5.35. The third-order valence-corrected chi connectivity index (χ3v) is 4.78. The van der Waals surface area contributed by atoms with Crippen molar-refractivity contribution in [1.82, 2.24) is 20.3 Å². The maximum absolute atomic E-state index is 12.6. The van der Waals surface area contributed by atoms with Gasteiger partial charge in [0.1, 0.15) is 17.8 Å². The number of nitrogens with zero attached hydrogens (tertiary/aromatic N) is 3. The van der Waals surface area contributed by atoms with Crippen LogP contribution in [0.25, 0.3) is 0 Å². The number of rotatable bonds is 6. The van der Waals surface area contributed by atoms with E-state index in [-0.39, 0.29) is 11.8 Å². The molecule has 0 bridgehead atoms. The topological polar surface area (TPSA) is 79.8 Å². The molecule has 0 aliphatic rings.